The number of nitrogens with zero attached hydrogens (tertiary/aromatic N) is 1. The van der Waals surface area contributed by atoms with Gasteiger partial charge in [-0.05, 0) is 62.0 Å². The van der Waals surface area contributed by atoms with Gasteiger partial charge in [0.15, 0.2) is 0 Å². The lowest BCUT2D eigenvalue weighted by Crippen LogP contribution is -2.21. The number of thiophene rings is 1. The zero-order chi connectivity index (χ0) is 20.4. The van der Waals surface area contributed by atoms with Crippen LogP contribution < -0.4 is 5.32 Å². The summed E-state index contributed by atoms with van der Waals surface area (Å²) in [5.41, 5.74) is 3.43. The molecule has 1 amide bonds. The summed E-state index contributed by atoms with van der Waals surface area (Å²) in [6.45, 7) is 0. The van der Waals surface area contributed by atoms with Crippen molar-refractivity contribution in [1.29, 1.82) is 5.26 Å². The molecular formula is C23H22N2O3S. The maximum Gasteiger partial charge on any atom is 0.332 e. The summed E-state index contributed by atoms with van der Waals surface area (Å²) in [4.78, 5) is 25.4. The minimum absolute atomic E-state index is 0.206. The van der Waals surface area contributed by atoms with Crippen LogP contribution in [0.2, 0.25) is 0 Å². The number of carboxylic acid groups (broad SMARTS) is 1. The van der Waals surface area contributed by atoms with E-state index in [0.29, 0.717) is 34.9 Å². The number of carbonyl (C=O) groups excluding carboxylic acids is 1. The Hall–Kier alpha value is -2.91. The zero-order valence-corrected chi connectivity index (χ0v) is 16.8. The van der Waals surface area contributed by atoms with Crippen LogP contribution in [0.1, 0.15) is 59.6 Å². The molecule has 0 saturated carbocycles. The Labute approximate surface area is 173 Å². The van der Waals surface area contributed by atoms with Crippen LogP contribution in [0.3, 0.4) is 0 Å². The van der Waals surface area contributed by atoms with Crippen molar-refractivity contribution in [1.82, 2.24) is 0 Å². The molecule has 6 heteroatoms. The minimum atomic E-state index is -1.02. The monoisotopic (exact) mass is 406 g/mol. The number of carboxylic acids is 1. The summed E-state index contributed by atoms with van der Waals surface area (Å²) in [6, 6.07) is 12.6. The molecular weight excluding hydrogens is 384 g/mol. The zero-order valence-electron chi connectivity index (χ0n) is 16.0. The van der Waals surface area contributed by atoms with E-state index in [2.05, 4.69) is 23.5 Å². The normalized spacial score (nSPS) is 18.7. The Morgan fingerprint density at radius 1 is 1.10 bits per heavy atom. The number of benzene rings is 1. The molecule has 0 saturated heterocycles. The predicted molar refractivity (Wildman–Crippen MR) is 112 cm³/mol. The first kappa shape index (κ1) is 19.4. The first-order valence-corrected chi connectivity index (χ1v) is 10.8. The lowest BCUT2D eigenvalue weighted by Gasteiger charge is -2.22. The van der Waals surface area contributed by atoms with E-state index in [4.69, 9.17) is 0 Å². The molecule has 2 N–H and O–H groups in total. The molecule has 1 aromatic carbocycles. The van der Waals surface area contributed by atoms with Crippen molar-refractivity contribution < 1.29 is 14.7 Å². The van der Waals surface area contributed by atoms with Crippen molar-refractivity contribution in [2.75, 3.05) is 5.32 Å². The van der Waals surface area contributed by atoms with Crippen molar-refractivity contribution >= 4 is 28.2 Å². The second kappa shape index (κ2) is 8.22. The number of rotatable bonds is 4. The van der Waals surface area contributed by atoms with Crippen molar-refractivity contribution in [3.8, 4) is 6.07 Å². The van der Waals surface area contributed by atoms with Crippen LogP contribution in [0.25, 0.3) is 0 Å². The van der Waals surface area contributed by atoms with Gasteiger partial charge in [-0.1, -0.05) is 30.3 Å². The summed E-state index contributed by atoms with van der Waals surface area (Å²) < 4.78 is 0. The highest BCUT2D eigenvalue weighted by Crippen LogP contribution is 2.42. The Balaban J connectivity index is 1.60. The van der Waals surface area contributed by atoms with Crippen LogP contribution in [-0.4, -0.2) is 17.0 Å². The van der Waals surface area contributed by atoms with Crippen molar-refractivity contribution in [3.63, 3.8) is 0 Å². The number of hydrogen-bond acceptors (Lipinski definition) is 4. The summed E-state index contributed by atoms with van der Waals surface area (Å²) in [5.74, 6) is -0.986. The predicted octanol–water partition coefficient (Wildman–Crippen LogP) is 4.79. The molecule has 1 unspecified atom stereocenters. The molecule has 29 heavy (non-hydrogen) atoms. The molecule has 0 bridgehead atoms. The molecule has 0 aliphatic heterocycles. The largest absolute Gasteiger partial charge is 0.478 e. The first-order chi connectivity index (χ1) is 14.1. The number of hydrogen-bond donors (Lipinski definition) is 2. The minimum Gasteiger partial charge on any atom is -0.478 e. The maximum absolute atomic E-state index is 12.8. The highest BCUT2D eigenvalue weighted by molar-refractivity contribution is 7.16. The van der Waals surface area contributed by atoms with E-state index >= 15 is 0 Å². The summed E-state index contributed by atoms with van der Waals surface area (Å²) >= 11 is 1.46. The lowest BCUT2D eigenvalue weighted by molar-refractivity contribution is -0.133. The van der Waals surface area contributed by atoms with Gasteiger partial charge in [0.1, 0.15) is 11.1 Å². The summed E-state index contributed by atoms with van der Waals surface area (Å²) in [7, 11) is 0. The number of nitrogens with one attached hydrogen (secondary N) is 1. The molecule has 148 valence electrons. The van der Waals surface area contributed by atoms with Crippen LogP contribution >= 0.6 is 11.3 Å². The third-order valence-corrected chi connectivity index (χ3v) is 7.04. The Morgan fingerprint density at radius 2 is 1.83 bits per heavy atom. The molecule has 1 aromatic heterocycles. The van der Waals surface area contributed by atoms with Crippen molar-refractivity contribution in [2.45, 2.75) is 50.9 Å². The van der Waals surface area contributed by atoms with Crippen LogP contribution in [0.4, 0.5) is 5.00 Å². The highest BCUT2D eigenvalue weighted by atomic mass is 32.1. The van der Waals surface area contributed by atoms with Crippen LogP contribution in [0.5, 0.6) is 0 Å². The molecule has 1 heterocycles. The molecule has 2 aliphatic rings. The van der Waals surface area contributed by atoms with E-state index in [1.54, 1.807) is 0 Å². The van der Waals surface area contributed by atoms with Gasteiger partial charge < -0.3 is 10.4 Å². The topological polar surface area (TPSA) is 90.2 Å². The second-order valence-corrected chi connectivity index (χ2v) is 8.70. The van der Waals surface area contributed by atoms with E-state index in [0.717, 1.165) is 42.5 Å². The number of carbonyl (C=O) groups is 2. The lowest BCUT2D eigenvalue weighted by atomic mass is 9.83. The van der Waals surface area contributed by atoms with Gasteiger partial charge in [-0.2, -0.15) is 5.26 Å². The van der Waals surface area contributed by atoms with Crippen molar-refractivity contribution in [2.24, 2.45) is 0 Å². The molecule has 0 fully saturated rings. The van der Waals surface area contributed by atoms with Gasteiger partial charge in [0, 0.05) is 16.0 Å². The fraction of sp³-hybridized carbons (Fsp3) is 0.348. The smallest absolute Gasteiger partial charge is 0.332 e. The number of aliphatic carboxylic acids is 1. The number of nitriles is 1. The standard InChI is InChI=1S/C23H22N2O3S/c24-13-19-16-11-10-15(14-6-2-1-3-7-14)12-20(16)29-22(19)25-21(26)17-8-4-5-9-18(17)23(27)28/h1-3,6-7,15H,4-5,8-12H2,(H,25,26)(H,27,28). The SMILES string of the molecule is N#Cc1c(NC(=O)C2=C(C(=O)O)CCCC2)sc2c1CCC(c1ccccc1)C2. The first-order valence-electron chi connectivity index (χ1n) is 9.94. The van der Waals surface area contributed by atoms with Crippen molar-refractivity contribution in [3.05, 3.63) is 63.0 Å². The quantitative estimate of drug-likeness (QED) is 0.764. The third-order valence-electron chi connectivity index (χ3n) is 5.88. The second-order valence-electron chi connectivity index (χ2n) is 7.59. The van der Waals surface area contributed by atoms with Crippen LogP contribution in [0.15, 0.2) is 41.5 Å². The summed E-state index contributed by atoms with van der Waals surface area (Å²) in [6.07, 6.45) is 5.13. The Bertz CT molecular complexity index is 1030. The fourth-order valence-electron chi connectivity index (χ4n) is 4.37. The van der Waals surface area contributed by atoms with Gasteiger partial charge in [-0.15, -0.1) is 11.3 Å². The van der Waals surface area contributed by atoms with Gasteiger partial charge in [0.2, 0.25) is 0 Å². The number of fused-ring (bicyclic) bond motifs is 1. The summed E-state index contributed by atoms with van der Waals surface area (Å²) in [5, 5.41) is 22.5. The van der Waals surface area contributed by atoms with E-state index < -0.39 is 5.97 Å². The van der Waals surface area contributed by atoms with E-state index in [-0.39, 0.29) is 11.5 Å². The van der Waals surface area contributed by atoms with Gasteiger partial charge in [-0.3, -0.25) is 4.79 Å². The van der Waals surface area contributed by atoms with Crippen LogP contribution in [-0.2, 0) is 22.4 Å². The Morgan fingerprint density at radius 3 is 2.52 bits per heavy atom. The van der Waals surface area contributed by atoms with E-state index in [1.807, 2.05) is 18.2 Å². The molecule has 1 atom stereocenters. The average Bonchev–Trinajstić information content (AvgIpc) is 3.10. The van der Waals surface area contributed by atoms with Gasteiger partial charge >= 0.3 is 5.97 Å². The third kappa shape index (κ3) is 3.83. The Kier molecular flexibility index (Phi) is 5.50. The number of amides is 1. The molecule has 2 aromatic rings. The molecule has 0 spiro atoms. The molecule has 0 radical (unpaired) electrons. The maximum atomic E-state index is 12.8. The van der Waals surface area contributed by atoms with E-state index in [9.17, 15) is 20.0 Å². The molecule has 4 rings (SSSR count). The molecule has 2 aliphatic carbocycles. The van der Waals surface area contributed by atoms with Gasteiger partial charge in [-0.25, -0.2) is 4.79 Å². The van der Waals surface area contributed by atoms with Gasteiger partial charge in [0.25, 0.3) is 5.91 Å². The number of anilines is 1. The van der Waals surface area contributed by atoms with E-state index in [1.165, 1.54) is 16.9 Å². The van der Waals surface area contributed by atoms with Crippen LogP contribution in [0, 0.1) is 11.3 Å². The molecule has 5 nitrogen and oxygen atoms in total. The fourth-order valence-corrected chi connectivity index (χ4v) is 5.65. The van der Waals surface area contributed by atoms with Gasteiger partial charge in [0.05, 0.1) is 5.56 Å². The average molecular weight is 407 g/mol. The highest BCUT2D eigenvalue weighted by Gasteiger charge is 2.29.